The van der Waals surface area contributed by atoms with Gasteiger partial charge in [-0.3, -0.25) is 5.32 Å². The second kappa shape index (κ2) is 7.76. The van der Waals surface area contributed by atoms with Gasteiger partial charge in [-0.2, -0.15) is 5.26 Å². The second-order valence-electron chi connectivity index (χ2n) is 6.07. The van der Waals surface area contributed by atoms with Crippen LogP contribution in [0.4, 0.5) is 0 Å². The molecule has 0 aromatic rings. The highest BCUT2D eigenvalue weighted by Crippen LogP contribution is 2.24. The van der Waals surface area contributed by atoms with Gasteiger partial charge in [-0.1, -0.05) is 12.8 Å². The maximum absolute atomic E-state index is 9.21. The van der Waals surface area contributed by atoms with Crippen molar-refractivity contribution in [3.8, 4) is 6.07 Å². The van der Waals surface area contributed by atoms with Crippen molar-refractivity contribution in [2.45, 2.75) is 70.9 Å². The average molecular weight is 252 g/mol. The Kier molecular flexibility index (Phi) is 6.67. The monoisotopic (exact) mass is 252 g/mol. The van der Waals surface area contributed by atoms with Crippen LogP contribution in [0.3, 0.4) is 0 Å². The van der Waals surface area contributed by atoms with Gasteiger partial charge in [-0.15, -0.1) is 0 Å². The quantitative estimate of drug-likeness (QED) is 0.674. The van der Waals surface area contributed by atoms with Gasteiger partial charge in [0.2, 0.25) is 0 Å². The second-order valence-corrected chi connectivity index (χ2v) is 6.07. The number of ether oxygens (including phenoxy) is 1. The van der Waals surface area contributed by atoms with E-state index in [1.165, 1.54) is 25.7 Å². The van der Waals surface area contributed by atoms with Crippen LogP contribution in [-0.4, -0.2) is 24.8 Å². The van der Waals surface area contributed by atoms with Crippen molar-refractivity contribution in [1.82, 2.24) is 5.32 Å². The Hall–Kier alpha value is -0.590. The third-order valence-corrected chi connectivity index (χ3v) is 3.65. The molecule has 1 N–H and O–H groups in total. The van der Waals surface area contributed by atoms with Gasteiger partial charge >= 0.3 is 0 Å². The van der Waals surface area contributed by atoms with Crippen LogP contribution in [0.15, 0.2) is 0 Å². The molecular weight excluding hydrogens is 224 g/mol. The lowest BCUT2D eigenvalue weighted by atomic mass is 9.97. The maximum atomic E-state index is 9.21. The summed E-state index contributed by atoms with van der Waals surface area (Å²) in [6.07, 6.45) is 7.23. The summed E-state index contributed by atoms with van der Waals surface area (Å²) < 4.78 is 5.73. The number of nitriles is 1. The van der Waals surface area contributed by atoms with Gasteiger partial charge in [0.05, 0.1) is 6.07 Å². The van der Waals surface area contributed by atoms with Crippen molar-refractivity contribution in [3.05, 3.63) is 0 Å². The molecule has 0 aliphatic heterocycles. The Morgan fingerprint density at radius 1 is 1.39 bits per heavy atom. The Bertz CT molecular complexity index is 266. The Balaban J connectivity index is 2.09. The third kappa shape index (κ3) is 5.84. The van der Waals surface area contributed by atoms with E-state index in [0.29, 0.717) is 6.04 Å². The molecule has 3 heteroatoms. The van der Waals surface area contributed by atoms with Gasteiger partial charge < -0.3 is 4.74 Å². The highest BCUT2D eigenvalue weighted by atomic mass is 16.5. The average Bonchev–Trinajstić information content (AvgIpc) is 2.80. The van der Waals surface area contributed by atoms with E-state index in [-0.39, 0.29) is 0 Å². The zero-order valence-electron chi connectivity index (χ0n) is 12.2. The maximum Gasteiger partial charge on any atom is 0.104 e. The summed E-state index contributed by atoms with van der Waals surface area (Å²) in [5, 5.41) is 12.5. The fourth-order valence-corrected chi connectivity index (χ4v) is 2.75. The molecule has 0 bridgehead atoms. The van der Waals surface area contributed by atoms with Gasteiger partial charge in [0.1, 0.15) is 5.54 Å². The van der Waals surface area contributed by atoms with Gasteiger partial charge in [0.15, 0.2) is 0 Å². The minimum absolute atomic E-state index is 0.342. The first-order chi connectivity index (χ1) is 8.56. The van der Waals surface area contributed by atoms with Crippen LogP contribution in [0.2, 0.25) is 0 Å². The summed E-state index contributed by atoms with van der Waals surface area (Å²) in [4.78, 5) is 0. The van der Waals surface area contributed by atoms with Gasteiger partial charge in [0, 0.05) is 19.3 Å². The van der Waals surface area contributed by atoms with Crippen molar-refractivity contribution in [3.63, 3.8) is 0 Å². The molecule has 1 fully saturated rings. The summed E-state index contributed by atoms with van der Waals surface area (Å²) in [5.41, 5.74) is -0.412. The van der Waals surface area contributed by atoms with E-state index in [1.807, 2.05) is 6.92 Å². The fraction of sp³-hybridized carbons (Fsp3) is 0.933. The lowest BCUT2D eigenvalue weighted by molar-refractivity contribution is 0.0949. The van der Waals surface area contributed by atoms with E-state index in [0.717, 1.165) is 32.0 Å². The molecule has 0 spiro atoms. The minimum Gasteiger partial charge on any atom is -0.381 e. The van der Waals surface area contributed by atoms with Crippen molar-refractivity contribution < 1.29 is 4.74 Å². The Morgan fingerprint density at radius 2 is 2.06 bits per heavy atom. The van der Waals surface area contributed by atoms with E-state index < -0.39 is 5.54 Å². The number of nitrogens with zero attached hydrogens (tertiary/aromatic N) is 1. The normalized spacial score (nSPS) is 19.9. The van der Waals surface area contributed by atoms with Gasteiger partial charge in [0.25, 0.3) is 0 Å². The SMILES string of the molecule is CC(C)NC(C)(C#N)CCCOCC1CCCC1. The molecule has 0 saturated heterocycles. The molecule has 0 amide bonds. The predicted octanol–water partition coefficient (Wildman–Crippen LogP) is 3.25. The first-order valence-electron chi connectivity index (χ1n) is 7.32. The topological polar surface area (TPSA) is 45.0 Å². The zero-order chi connectivity index (χ0) is 13.4. The van der Waals surface area contributed by atoms with Crippen molar-refractivity contribution in [2.24, 2.45) is 5.92 Å². The van der Waals surface area contributed by atoms with Crippen molar-refractivity contribution >= 4 is 0 Å². The highest BCUT2D eigenvalue weighted by molar-refractivity contribution is 5.04. The van der Waals surface area contributed by atoms with Crippen LogP contribution in [0.1, 0.15) is 59.3 Å². The smallest absolute Gasteiger partial charge is 0.104 e. The highest BCUT2D eigenvalue weighted by Gasteiger charge is 2.23. The lowest BCUT2D eigenvalue weighted by Gasteiger charge is -2.25. The summed E-state index contributed by atoms with van der Waals surface area (Å²) in [6, 6.07) is 2.72. The van der Waals surface area contributed by atoms with E-state index in [4.69, 9.17) is 4.74 Å². The first kappa shape index (κ1) is 15.5. The van der Waals surface area contributed by atoms with E-state index in [2.05, 4.69) is 25.2 Å². The minimum atomic E-state index is -0.412. The molecule has 1 saturated carbocycles. The molecule has 104 valence electrons. The summed E-state index contributed by atoms with van der Waals surface area (Å²) >= 11 is 0. The fourth-order valence-electron chi connectivity index (χ4n) is 2.75. The summed E-state index contributed by atoms with van der Waals surface area (Å²) in [6.45, 7) is 7.83. The molecule has 1 aliphatic rings. The number of hydrogen-bond acceptors (Lipinski definition) is 3. The van der Waals surface area contributed by atoms with Gasteiger partial charge in [-0.05, 0) is 52.4 Å². The van der Waals surface area contributed by atoms with E-state index >= 15 is 0 Å². The molecular formula is C15H28N2O. The van der Waals surface area contributed by atoms with Gasteiger partial charge in [-0.25, -0.2) is 0 Å². The molecule has 1 unspecified atom stereocenters. The van der Waals surface area contributed by atoms with Crippen LogP contribution in [0, 0.1) is 17.2 Å². The molecule has 1 rings (SSSR count). The zero-order valence-corrected chi connectivity index (χ0v) is 12.2. The van der Waals surface area contributed by atoms with E-state index in [9.17, 15) is 5.26 Å². The van der Waals surface area contributed by atoms with Crippen molar-refractivity contribution in [1.29, 1.82) is 5.26 Å². The van der Waals surface area contributed by atoms with E-state index in [1.54, 1.807) is 0 Å². The van der Waals surface area contributed by atoms with Crippen LogP contribution in [0.5, 0.6) is 0 Å². The molecule has 3 nitrogen and oxygen atoms in total. The Labute approximate surface area is 112 Å². The predicted molar refractivity (Wildman–Crippen MR) is 74.3 cm³/mol. The molecule has 0 aromatic carbocycles. The van der Waals surface area contributed by atoms with Crippen LogP contribution in [0.25, 0.3) is 0 Å². The molecule has 0 heterocycles. The summed E-state index contributed by atoms with van der Waals surface area (Å²) in [7, 11) is 0. The van der Waals surface area contributed by atoms with Crippen LogP contribution in [-0.2, 0) is 4.74 Å². The molecule has 0 aromatic heterocycles. The molecule has 1 atom stereocenters. The third-order valence-electron chi connectivity index (χ3n) is 3.65. The molecule has 1 aliphatic carbocycles. The molecule has 18 heavy (non-hydrogen) atoms. The molecule has 0 radical (unpaired) electrons. The standard InChI is InChI=1S/C15H28N2O/c1-13(2)17-15(3,12-16)9-6-10-18-11-14-7-4-5-8-14/h13-14,17H,4-11H2,1-3H3. The summed E-state index contributed by atoms with van der Waals surface area (Å²) in [5.74, 6) is 0.793. The van der Waals surface area contributed by atoms with Crippen LogP contribution >= 0.6 is 0 Å². The first-order valence-corrected chi connectivity index (χ1v) is 7.32. The largest absolute Gasteiger partial charge is 0.381 e. The number of rotatable bonds is 8. The lowest BCUT2D eigenvalue weighted by Crippen LogP contribution is -2.45. The number of hydrogen-bond donors (Lipinski definition) is 1. The van der Waals surface area contributed by atoms with Crippen molar-refractivity contribution in [2.75, 3.05) is 13.2 Å². The number of nitrogens with one attached hydrogen (secondary N) is 1. The van der Waals surface area contributed by atoms with Crippen LogP contribution < -0.4 is 5.32 Å². The Morgan fingerprint density at radius 3 is 2.61 bits per heavy atom.